The van der Waals surface area contributed by atoms with Gasteiger partial charge in [-0.05, 0) is 18.3 Å². The third-order valence-electron chi connectivity index (χ3n) is 3.19. The summed E-state index contributed by atoms with van der Waals surface area (Å²) in [6, 6.07) is -1.65. The molecule has 0 aliphatic rings. The van der Waals surface area contributed by atoms with Gasteiger partial charge in [0.1, 0.15) is 6.04 Å². The van der Waals surface area contributed by atoms with Crippen LogP contribution in [0.2, 0.25) is 0 Å². The molecular formula is C13H24N2O5. The van der Waals surface area contributed by atoms with Crippen LogP contribution < -0.4 is 10.6 Å². The number of hydrogen-bond acceptors (Lipinski definition) is 4. The Labute approximate surface area is 119 Å². The minimum atomic E-state index is -1.18. The van der Waals surface area contributed by atoms with Crippen LogP contribution in [0.3, 0.4) is 0 Å². The molecule has 116 valence electrons. The van der Waals surface area contributed by atoms with Crippen molar-refractivity contribution >= 4 is 18.0 Å². The zero-order valence-corrected chi connectivity index (χ0v) is 12.4. The summed E-state index contributed by atoms with van der Waals surface area (Å²) in [6.45, 7) is 6.55. The van der Waals surface area contributed by atoms with E-state index in [-0.39, 0.29) is 12.8 Å². The molecule has 0 heterocycles. The van der Waals surface area contributed by atoms with Crippen LogP contribution in [0.15, 0.2) is 0 Å². The van der Waals surface area contributed by atoms with Crippen molar-refractivity contribution in [1.29, 1.82) is 0 Å². The van der Waals surface area contributed by atoms with Gasteiger partial charge in [-0.1, -0.05) is 20.8 Å². The highest BCUT2D eigenvalue weighted by Crippen LogP contribution is 2.07. The fraction of sp³-hybridized carbons (Fsp3) is 0.769. The van der Waals surface area contributed by atoms with Gasteiger partial charge in [0.2, 0.25) is 0 Å². The van der Waals surface area contributed by atoms with Crippen molar-refractivity contribution in [3.63, 3.8) is 0 Å². The van der Waals surface area contributed by atoms with Crippen LogP contribution in [-0.4, -0.2) is 42.8 Å². The highest BCUT2D eigenvalue weighted by Gasteiger charge is 2.21. The van der Waals surface area contributed by atoms with Crippen molar-refractivity contribution in [3.05, 3.63) is 0 Å². The summed E-state index contributed by atoms with van der Waals surface area (Å²) in [5.74, 6) is -0.975. The number of urea groups is 1. The monoisotopic (exact) mass is 288 g/mol. The lowest BCUT2D eigenvalue weighted by atomic mass is 9.98. The van der Waals surface area contributed by atoms with Gasteiger partial charge >= 0.3 is 18.0 Å². The second kappa shape index (κ2) is 9.17. The van der Waals surface area contributed by atoms with Crippen LogP contribution in [0.1, 0.15) is 33.6 Å². The van der Waals surface area contributed by atoms with Gasteiger partial charge < -0.3 is 20.5 Å². The Morgan fingerprint density at radius 2 is 1.80 bits per heavy atom. The van der Waals surface area contributed by atoms with Gasteiger partial charge in [-0.2, -0.15) is 0 Å². The number of hydrogen-bond donors (Lipinski definition) is 3. The van der Waals surface area contributed by atoms with Crippen molar-refractivity contribution in [1.82, 2.24) is 10.6 Å². The van der Waals surface area contributed by atoms with Gasteiger partial charge in [0, 0.05) is 13.0 Å². The molecule has 0 saturated carbocycles. The Kier molecular flexibility index (Phi) is 8.35. The number of carboxylic acid groups (broad SMARTS) is 1. The number of rotatable bonds is 8. The standard InChI is InChI=1S/C13H24N2O5/c1-8(2)9(3)7-14-13(19)15-10(12(17)18)5-6-11(16)20-4/h8-10H,5-7H2,1-4H3,(H,17,18)(H2,14,15,19)/t9?,10-/m1/s1. The number of methoxy groups -OCH3 is 1. The first-order valence-corrected chi connectivity index (χ1v) is 6.61. The molecule has 2 atom stereocenters. The first-order valence-electron chi connectivity index (χ1n) is 6.61. The summed E-state index contributed by atoms with van der Waals surface area (Å²) in [7, 11) is 1.23. The van der Waals surface area contributed by atoms with Crippen molar-refractivity contribution in [2.24, 2.45) is 11.8 Å². The maximum absolute atomic E-state index is 11.6. The molecule has 2 amide bonds. The van der Waals surface area contributed by atoms with Crippen molar-refractivity contribution in [3.8, 4) is 0 Å². The Morgan fingerprint density at radius 1 is 1.20 bits per heavy atom. The maximum atomic E-state index is 11.6. The molecular weight excluding hydrogens is 264 g/mol. The SMILES string of the molecule is COC(=O)CC[C@@H](NC(=O)NCC(C)C(C)C)C(=O)O. The average Bonchev–Trinajstić information content (AvgIpc) is 2.39. The quantitative estimate of drug-likeness (QED) is 0.578. The van der Waals surface area contributed by atoms with E-state index in [1.54, 1.807) is 0 Å². The molecule has 0 aromatic heterocycles. The molecule has 7 heteroatoms. The minimum absolute atomic E-state index is 0.00480. The molecule has 0 aliphatic carbocycles. The van der Waals surface area contributed by atoms with Crippen molar-refractivity contribution in [2.75, 3.05) is 13.7 Å². The van der Waals surface area contributed by atoms with E-state index < -0.39 is 24.0 Å². The van der Waals surface area contributed by atoms with Crippen molar-refractivity contribution < 1.29 is 24.2 Å². The molecule has 0 aliphatic heterocycles. The van der Waals surface area contributed by atoms with Gasteiger partial charge in [-0.25, -0.2) is 9.59 Å². The average molecular weight is 288 g/mol. The van der Waals surface area contributed by atoms with Gasteiger partial charge in [-0.3, -0.25) is 4.79 Å². The summed E-state index contributed by atoms with van der Waals surface area (Å²) in [5, 5.41) is 13.9. The van der Waals surface area contributed by atoms with Crippen LogP contribution in [0.4, 0.5) is 4.79 Å². The summed E-state index contributed by atoms with van der Waals surface area (Å²) < 4.78 is 4.43. The Bertz CT molecular complexity index is 344. The fourth-order valence-corrected chi connectivity index (χ4v) is 1.32. The number of carbonyl (C=O) groups is 3. The zero-order chi connectivity index (χ0) is 15.7. The highest BCUT2D eigenvalue weighted by molar-refractivity contribution is 5.83. The first kappa shape index (κ1) is 18.2. The summed E-state index contributed by atoms with van der Waals surface area (Å²) in [4.78, 5) is 33.6. The van der Waals surface area contributed by atoms with Gasteiger partial charge in [0.25, 0.3) is 0 Å². The third-order valence-corrected chi connectivity index (χ3v) is 3.19. The smallest absolute Gasteiger partial charge is 0.326 e. The number of carboxylic acids is 1. The molecule has 3 N–H and O–H groups in total. The number of aliphatic carboxylic acids is 1. The second-order valence-corrected chi connectivity index (χ2v) is 5.08. The largest absolute Gasteiger partial charge is 0.480 e. The fourth-order valence-electron chi connectivity index (χ4n) is 1.32. The molecule has 0 rings (SSSR count). The predicted octanol–water partition coefficient (Wildman–Crippen LogP) is 0.984. The Morgan fingerprint density at radius 3 is 2.25 bits per heavy atom. The van der Waals surface area contributed by atoms with Crippen LogP contribution in [0.5, 0.6) is 0 Å². The van der Waals surface area contributed by atoms with E-state index in [1.165, 1.54) is 7.11 Å². The van der Waals surface area contributed by atoms with Crippen LogP contribution in [0, 0.1) is 11.8 Å². The van der Waals surface area contributed by atoms with Gasteiger partial charge in [0.15, 0.2) is 0 Å². The van der Waals surface area contributed by atoms with Gasteiger partial charge in [0.05, 0.1) is 7.11 Å². The van der Waals surface area contributed by atoms with Crippen molar-refractivity contribution in [2.45, 2.75) is 39.7 Å². The molecule has 0 fully saturated rings. The lowest BCUT2D eigenvalue weighted by molar-refractivity contribution is -0.142. The van der Waals surface area contributed by atoms with E-state index in [9.17, 15) is 14.4 Å². The van der Waals surface area contributed by atoms with Crippen LogP contribution >= 0.6 is 0 Å². The normalized spacial score (nSPS) is 13.4. The highest BCUT2D eigenvalue weighted by atomic mass is 16.5. The molecule has 0 saturated heterocycles. The molecule has 0 spiro atoms. The number of amides is 2. The molecule has 20 heavy (non-hydrogen) atoms. The number of nitrogens with one attached hydrogen (secondary N) is 2. The predicted molar refractivity (Wildman–Crippen MR) is 73.2 cm³/mol. The number of esters is 1. The molecule has 1 unspecified atom stereocenters. The van der Waals surface area contributed by atoms with Gasteiger partial charge in [-0.15, -0.1) is 0 Å². The minimum Gasteiger partial charge on any atom is -0.480 e. The zero-order valence-electron chi connectivity index (χ0n) is 12.4. The lowest BCUT2D eigenvalue weighted by Gasteiger charge is -2.18. The van der Waals surface area contributed by atoms with Crippen LogP contribution in [-0.2, 0) is 14.3 Å². The molecule has 0 aromatic rings. The van der Waals surface area contributed by atoms with E-state index in [1.807, 2.05) is 20.8 Å². The Balaban J connectivity index is 4.21. The van der Waals surface area contributed by atoms with E-state index >= 15 is 0 Å². The van der Waals surface area contributed by atoms with E-state index in [0.717, 1.165) is 0 Å². The maximum Gasteiger partial charge on any atom is 0.326 e. The Hall–Kier alpha value is -1.79. The summed E-state index contributed by atoms with van der Waals surface area (Å²) >= 11 is 0. The topological polar surface area (TPSA) is 105 Å². The lowest BCUT2D eigenvalue weighted by Crippen LogP contribution is -2.47. The van der Waals surface area contributed by atoms with E-state index in [2.05, 4.69) is 15.4 Å². The molecule has 7 nitrogen and oxygen atoms in total. The first-order chi connectivity index (χ1) is 9.27. The van der Waals surface area contributed by atoms with E-state index in [4.69, 9.17) is 5.11 Å². The van der Waals surface area contributed by atoms with Crippen LogP contribution in [0.25, 0.3) is 0 Å². The summed E-state index contributed by atoms with van der Waals surface area (Å²) in [6.07, 6.45) is -0.0642. The third kappa shape index (κ3) is 7.60. The number of carbonyl (C=O) groups excluding carboxylic acids is 2. The summed E-state index contributed by atoms with van der Waals surface area (Å²) in [5.41, 5.74) is 0. The molecule has 0 radical (unpaired) electrons. The van der Waals surface area contributed by atoms with E-state index in [0.29, 0.717) is 18.4 Å². The molecule has 0 bridgehead atoms. The number of ether oxygens (including phenoxy) is 1. The second-order valence-electron chi connectivity index (χ2n) is 5.08. The molecule has 0 aromatic carbocycles.